The molecule has 0 N–H and O–H groups in total. The maximum absolute atomic E-state index is 5.90. The van der Waals surface area contributed by atoms with E-state index < -0.39 is 4.33 Å². The van der Waals surface area contributed by atoms with E-state index in [-0.39, 0.29) is 0 Å². The highest BCUT2D eigenvalue weighted by Crippen LogP contribution is 2.39. The molecule has 1 aliphatic carbocycles. The Bertz CT molecular complexity index is 93.2. The standard InChI is InChI=1S/C6H9Cl2I/c7-6(8)3-1-5(9)2-4-6/h5H,1-4H2. The minimum Gasteiger partial charge on any atom is -0.102 e. The minimum atomic E-state index is -0.401. The Morgan fingerprint density at radius 2 is 1.67 bits per heavy atom. The lowest BCUT2D eigenvalue weighted by Gasteiger charge is -2.27. The first kappa shape index (κ1) is 8.41. The normalized spacial score (nSPS) is 28.3. The molecule has 0 heterocycles. The Morgan fingerprint density at radius 1 is 1.22 bits per heavy atom. The fraction of sp³-hybridized carbons (Fsp3) is 1.00. The molecule has 1 rings (SSSR count). The van der Waals surface area contributed by atoms with E-state index in [1.54, 1.807) is 0 Å². The number of hydrogen-bond donors (Lipinski definition) is 0. The molecule has 0 radical (unpaired) electrons. The second kappa shape index (κ2) is 3.14. The average Bonchev–Trinajstić information content (AvgIpc) is 1.78. The van der Waals surface area contributed by atoms with Gasteiger partial charge in [-0.25, -0.2) is 0 Å². The molecule has 0 aromatic carbocycles. The summed E-state index contributed by atoms with van der Waals surface area (Å²) in [5.41, 5.74) is 0. The summed E-state index contributed by atoms with van der Waals surface area (Å²) < 4.78 is 0.398. The zero-order valence-corrected chi connectivity index (χ0v) is 8.71. The van der Waals surface area contributed by atoms with Crippen LogP contribution >= 0.6 is 45.8 Å². The highest BCUT2D eigenvalue weighted by Gasteiger charge is 2.29. The summed E-state index contributed by atoms with van der Waals surface area (Å²) in [6.07, 6.45) is 4.27. The molecule has 0 atom stereocenters. The fourth-order valence-corrected chi connectivity index (χ4v) is 2.06. The van der Waals surface area contributed by atoms with Gasteiger partial charge in [0.05, 0.1) is 0 Å². The van der Waals surface area contributed by atoms with E-state index in [1.807, 2.05) is 0 Å². The third-order valence-corrected chi connectivity index (χ3v) is 3.65. The fourth-order valence-electron chi connectivity index (χ4n) is 1.00. The van der Waals surface area contributed by atoms with Crippen LogP contribution in [-0.2, 0) is 0 Å². The molecule has 0 spiro atoms. The minimum absolute atomic E-state index is 0.401. The zero-order valence-electron chi connectivity index (χ0n) is 5.04. The molecule has 1 fully saturated rings. The molecule has 1 aliphatic rings. The molecule has 0 aromatic rings. The van der Waals surface area contributed by atoms with Gasteiger partial charge in [0.25, 0.3) is 0 Å². The predicted octanol–water partition coefficient (Wildman–Crippen LogP) is 3.54. The van der Waals surface area contributed by atoms with Crippen LogP contribution < -0.4 is 0 Å². The molecule has 0 aromatic heterocycles. The molecule has 0 bridgehead atoms. The number of halogens is 3. The van der Waals surface area contributed by atoms with E-state index in [9.17, 15) is 0 Å². The quantitative estimate of drug-likeness (QED) is 0.470. The van der Waals surface area contributed by atoms with Crippen LogP contribution in [0.3, 0.4) is 0 Å². The van der Waals surface area contributed by atoms with Crippen LogP contribution in [0.1, 0.15) is 25.7 Å². The van der Waals surface area contributed by atoms with Crippen molar-refractivity contribution in [1.29, 1.82) is 0 Å². The van der Waals surface area contributed by atoms with Crippen molar-refractivity contribution in [2.24, 2.45) is 0 Å². The third-order valence-electron chi connectivity index (χ3n) is 1.65. The van der Waals surface area contributed by atoms with Crippen molar-refractivity contribution >= 4 is 45.8 Å². The summed E-state index contributed by atoms with van der Waals surface area (Å²) in [4.78, 5) is 0. The summed E-state index contributed by atoms with van der Waals surface area (Å²) in [5, 5.41) is 0. The predicted molar refractivity (Wildman–Crippen MR) is 50.7 cm³/mol. The van der Waals surface area contributed by atoms with Gasteiger partial charge in [-0.3, -0.25) is 0 Å². The number of rotatable bonds is 0. The lowest BCUT2D eigenvalue weighted by atomic mass is 10.00. The first-order valence-electron chi connectivity index (χ1n) is 3.12. The van der Waals surface area contributed by atoms with Gasteiger partial charge in [-0.1, -0.05) is 22.6 Å². The summed E-state index contributed by atoms with van der Waals surface area (Å²) in [6, 6.07) is 0. The lowest BCUT2D eigenvalue weighted by molar-refractivity contribution is 0.500. The van der Waals surface area contributed by atoms with E-state index in [0.29, 0.717) is 0 Å². The molecule has 3 heteroatoms. The maximum Gasteiger partial charge on any atom is 0.118 e. The van der Waals surface area contributed by atoms with Gasteiger partial charge in [-0.15, -0.1) is 23.2 Å². The molecule has 0 unspecified atom stereocenters. The Balaban J connectivity index is 2.35. The molecule has 54 valence electrons. The first-order chi connectivity index (χ1) is 4.10. The Kier molecular flexibility index (Phi) is 2.93. The molecular weight excluding hydrogens is 270 g/mol. The van der Waals surface area contributed by atoms with Crippen molar-refractivity contribution in [3.63, 3.8) is 0 Å². The second-order valence-electron chi connectivity index (χ2n) is 2.53. The topological polar surface area (TPSA) is 0 Å². The number of hydrogen-bond acceptors (Lipinski definition) is 0. The summed E-state index contributed by atoms with van der Waals surface area (Å²) in [7, 11) is 0. The molecule has 0 aliphatic heterocycles. The van der Waals surface area contributed by atoms with Crippen LogP contribution in [0.2, 0.25) is 0 Å². The molecule has 0 nitrogen and oxygen atoms in total. The van der Waals surface area contributed by atoms with Crippen LogP contribution in [0.25, 0.3) is 0 Å². The maximum atomic E-state index is 5.90. The van der Waals surface area contributed by atoms with Crippen LogP contribution in [0.5, 0.6) is 0 Å². The van der Waals surface area contributed by atoms with Gasteiger partial charge >= 0.3 is 0 Å². The Morgan fingerprint density at radius 3 is 2.00 bits per heavy atom. The molecule has 1 saturated carbocycles. The molecular formula is C6H9Cl2I. The third kappa shape index (κ3) is 2.81. The Hall–Kier alpha value is 1.31. The largest absolute Gasteiger partial charge is 0.118 e. The first-order valence-corrected chi connectivity index (χ1v) is 5.12. The SMILES string of the molecule is ClC1(Cl)CCC(I)CC1. The molecule has 0 saturated heterocycles. The van der Waals surface area contributed by atoms with Crippen molar-refractivity contribution in [2.75, 3.05) is 0 Å². The van der Waals surface area contributed by atoms with Gasteiger partial charge in [0.1, 0.15) is 4.33 Å². The highest BCUT2D eigenvalue weighted by molar-refractivity contribution is 14.1. The van der Waals surface area contributed by atoms with Crippen LogP contribution in [0, 0.1) is 0 Å². The van der Waals surface area contributed by atoms with Gasteiger partial charge in [-0.05, 0) is 25.7 Å². The summed E-state index contributed by atoms with van der Waals surface area (Å²) >= 11 is 14.3. The Labute approximate surface area is 79.4 Å². The van der Waals surface area contributed by atoms with Crippen LogP contribution in [-0.4, -0.2) is 8.26 Å². The average molecular weight is 279 g/mol. The van der Waals surface area contributed by atoms with Crippen molar-refractivity contribution < 1.29 is 0 Å². The summed E-state index contributed by atoms with van der Waals surface area (Å²) in [5.74, 6) is 0. The monoisotopic (exact) mass is 278 g/mol. The van der Waals surface area contributed by atoms with Crippen molar-refractivity contribution in [2.45, 2.75) is 33.9 Å². The molecule has 0 amide bonds. The van der Waals surface area contributed by atoms with Gasteiger partial charge in [0.15, 0.2) is 0 Å². The van der Waals surface area contributed by atoms with E-state index in [2.05, 4.69) is 22.6 Å². The van der Waals surface area contributed by atoms with Gasteiger partial charge < -0.3 is 0 Å². The highest BCUT2D eigenvalue weighted by atomic mass is 127. The summed E-state index contributed by atoms with van der Waals surface area (Å²) in [6.45, 7) is 0. The van der Waals surface area contributed by atoms with Crippen molar-refractivity contribution in [1.82, 2.24) is 0 Å². The van der Waals surface area contributed by atoms with Crippen molar-refractivity contribution in [3.8, 4) is 0 Å². The zero-order chi connectivity index (χ0) is 6.91. The van der Waals surface area contributed by atoms with E-state index in [0.717, 1.165) is 16.8 Å². The molecule has 9 heavy (non-hydrogen) atoms. The number of alkyl halides is 3. The second-order valence-corrected chi connectivity index (χ2v) is 5.93. The van der Waals surface area contributed by atoms with E-state index in [4.69, 9.17) is 23.2 Å². The van der Waals surface area contributed by atoms with Gasteiger partial charge in [0.2, 0.25) is 0 Å². The van der Waals surface area contributed by atoms with Crippen molar-refractivity contribution in [3.05, 3.63) is 0 Å². The lowest BCUT2D eigenvalue weighted by Crippen LogP contribution is -2.22. The smallest absolute Gasteiger partial charge is 0.102 e. The van der Waals surface area contributed by atoms with Crippen LogP contribution in [0.15, 0.2) is 0 Å². The van der Waals surface area contributed by atoms with E-state index in [1.165, 1.54) is 12.8 Å². The van der Waals surface area contributed by atoms with E-state index >= 15 is 0 Å². The van der Waals surface area contributed by atoms with Gasteiger partial charge in [0, 0.05) is 3.92 Å². The van der Waals surface area contributed by atoms with Gasteiger partial charge in [-0.2, -0.15) is 0 Å². The van der Waals surface area contributed by atoms with Crippen LogP contribution in [0.4, 0.5) is 0 Å².